The van der Waals surface area contributed by atoms with Crippen molar-refractivity contribution < 1.29 is 19.1 Å². The Morgan fingerprint density at radius 3 is 2.40 bits per heavy atom. The van der Waals surface area contributed by atoms with Gasteiger partial charge in [-0.3, -0.25) is 9.59 Å². The smallest absolute Gasteiger partial charge is 0.325 e. The van der Waals surface area contributed by atoms with Gasteiger partial charge in [-0.1, -0.05) is 6.07 Å². The molecule has 3 amide bonds. The maximum atomic E-state index is 11.5. The lowest BCUT2D eigenvalue weighted by Crippen LogP contribution is -2.34. The summed E-state index contributed by atoms with van der Waals surface area (Å²) in [4.78, 5) is 33.5. The van der Waals surface area contributed by atoms with Gasteiger partial charge >= 0.3 is 12.0 Å². The van der Waals surface area contributed by atoms with Crippen molar-refractivity contribution in [2.75, 3.05) is 23.8 Å². The fraction of sp³-hybridized carbons (Fsp3) is 0.308. The van der Waals surface area contributed by atoms with Gasteiger partial charge in [-0.2, -0.15) is 0 Å². The highest BCUT2D eigenvalue weighted by Gasteiger charge is 2.06. The highest BCUT2D eigenvalue weighted by Crippen LogP contribution is 2.14. The van der Waals surface area contributed by atoms with Crippen molar-refractivity contribution >= 4 is 29.3 Å². The molecular formula is C13H17N3O4. The van der Waals surface area contributed by atoms with E-state index < -0.39 is 12.0 Å². The van der Waals surface area contributed by atoms with Crippen LogP contribution in [0.25, 0.3) is 0 Å². The molecule has 0 aliphatic heterocycles. The molecule has 0 saturated carbocycles. The number of nitrogens with one attached hydrogen (secondary N) is 3. The second-order valence-electron chi connectivity index (χ2n) is 3.87. The molecule has 0 aliphatic carbocycles. The summed E-state index contributed by atoms with van der Waals surface area (Å²) in [5.74, 6) is -0.705. The summed E-state index contributed by atoms with van der Waals surface area (Å²) in [5.41, 5.74) is 1.07. The third-order valence-electron chi connectivity index (χ3n) is 2.14. The summed E-state index contributed by atoms with van der Waals surface area (Å²) in [6, 6.07) is 6.12. The van der Waals surface area contributed by atoms with Crippen molar-refractivity contribution in [2.45, 2.75) is 13.8 Å². The molecule has 1 rings (SSSR count). The minimum atomic E-state index is -0.530. The van der Waals surface area contributed by atoms with E-state index in [2.05, 4.69) is 20.7 Å². The van der Waals surface area contributed by atoms with E-state index in [1.165, 1.54) is 6.92 Å². The molecule has 1 aromatic carbocycles. The molecule has 0 aliphatic rings. The number of ether oxygens (including phenoxy) is 1. The highest BCUT2D eigenvalue weighted by atomic mass is 16.5. The molecule has 7 heteroatoms. The summed E-state index contributed by atoms with van der Waals surface area (Å²) in [7, 11) is 0. The molecular weight excluding hydrogens is 262 g/mol. The quantitative estimate of drug-likeness (QED) is 0.708. The Bertz CT molecular complexity index is 502. The van der Waals surface area contributed by atoms with Crippen molar-refractivity contribution in [3.8, 4) is 0 Å². The largest absolute Gasteiger partial charge is 0.465 e. The van der Waals surface area contributed by atoms with E-state index in [1.807, 2.05) is 0 Å². The normalized spacial score (nSPS) is 9.50. The Kier molecular flexibility index (Phi) is 6.02. The van der Waals surface area contributed by atoms with Gasteiger partial charge in [0, 0.05) is 18.3 Å². The van der Waals surface area contributed by atoms with Crippen LogP contribution in [-0.2, 0) is 14.3 Å². The number of carbonyl (C=O) groups is 3. The van der Waals surface area contributed by atoms with Crippen LogP contribution in [0.4, 0.5) is 16.2 Å². The number of anilines is 2. The molecule has 0 aromatic heterocycles. The fourth-order valence-electron chi connectivity index (χ4n) is 1.42. The molecule has 0 unspecified atom stereocenters. The van der Waals surface area contributed by atoms with Crippen LogP contribution in [0.3, 0.4) is 0 Å². The zero-order valence-electron chi connectivity index (χ0n) is 11.4. The summed E-state index contributed by atoms with van der Waals surface area (Å²) >= 11 is 0. The predicted octanol–water partition coefficient (Wildman–Crippen LogP) is 1.33. The molecule has 0 bridgehead atoms. The summed E-state index contributed by atoms with van der Waals surface area (Å²) in [6.45, 7) is 3.14. The number of hydrogen-bond donors (Lipinski definition) is 3. The van der Waals surface area contributed by atoms with Crippen molar-refractivity contribution in [3.05, 3.63) is 24.3 Å². The van der Waals surface area contributed by atoms with E-state index in [0.717, 1.165) is 0 Å². The van der Waals surface area contributed by atoms with Crippen molar-refractivity contribution in [2.24, 2.45) is 0 Å². The Labute approximate surface area is 116 Å². The monoisotopic (exact) mass is 279 g/mol. The number of esters is 1. The Morgan fingerprint density at radius 2 is 1.80 bits per heavy atom. The van der Waals surface area contributed by atoms with Crippen LogP contribution in [0.5, 0.6) is 0 Å². The third kappa shape index (κ3) is 5.85. The molecule has 7 nitrogen and oxygen atoms in total. The van der Waals surface area contributed by atoms with Crippen molar-refractivity contribution in [3.63, 3.8) is 0 Å². The van der Waals surface area contributed by atoms with Gasteiger partial charge in [-0.25, -0.2) is 4.79 Å². The Hall–Kier alpha value is -2.57. The second kappa shape index (κ2) is 7.78. The van der Waals surface area contributed by atoms with Gasteiger partial charge in [-0.05, 0) is 25.1 Å². The third-order valence-corrected chi connectivity index (χ3v) is 2.14. The maximum Gasteiger partial charge on any atom is 0.325 e. The van der Waals surface area contributed by atoms with Crippen LogP contribution >= 0.6 is 0 Å². The molecule has 0 atom stereocenters. The van der Waals surface area contributed by atoms with Gasteiger partial charge in [0.1, 0.15) is 6.54 Å². The van der Waals surface area contributed by atoms with Crippen LogP contribution in [0.15, 0.2) is 24.3 Å². The van der Waals surface area contributed by atoms with Gasteiger partial charge in [-0.15, -0.1) is 0 Å². The zero-order valence-corrected chi connectivity index (χ0v) is 11.4. The molecule has 0 radical (unpaired) electrons. The maximum absolute atomic E-state index is 11.5. The highest BCUT2D eigenvalue weighted by molar-refractivity contribution is 5.93. The van der Waals surface area contributed by atoms with Crippen LogP contribution in [0, 0.1) is 0 Å². The molecule has 1 aromatic rings. The Morgan fingerprint density at radius 1 is 1.15 bits per heavy atom. The van der Waals surface area contributed by atoms with Gasteiger partial charge in [0.05, 0.1) is 6.61 Å². The van der Waals surface area contributed by atoms with Crippen LogP contribution in [0.1, 0.15) is 13.8 Å². The molecule has 0 heterocycles. The first kappa shape index (κ1) is 15.5. The lowest BCUT2D eigenvalue weighted by Gasteiger charge is -2.09. The molecule has 108 valence electrons. The number of urea groups is 1. The first-order valence-corrected chi connectivity index (χ1v) is 6.09. The minimum absolute atomic E-state index is 0.200. The number of amides is 3. The van der Waals surface area contributed by atoms with Crippen LogP contribution in [-0.4, -0.2) is 31.1 Å². The minimum Gasteiger partial charge on any atom is -0.465 e. The van der Waals surface area contributed by atoms with Gasteiger partial charge in [0.15, 0.2) is 0 Å². The number of carbonyl (C=O) groups excluding carboxylic acids is 3. The van der Waals surface area contributed by atoms with Gasteiger partial charge in [0.25, 0.3) is 0 Å². The van der Waals surface area contributed by atoms with Crippen molar-refractivity contribution in [1.82, 2.24) is 5.32 Å². The van der Waals surface area contributed by atoms with E-state index in [1.54, 1.807) is 31.2 Å². The lowest BCUT2D eigenvalue weighted by molar-refractivity contribution is -0.141. The van der Waals surface area contributed by atoms with E-state index >= 15 is 0 Å². The molecule has 3 N–H and O–H groups in total. The second-order valence-corrected chi connectivity index (χ2v) is 3.87. The topological polar surface area (TPSA) is 96.5 Å². The number of benzene rings is 1. The van der Waals surface area contributed by atoms with E-state index in [0.29, 0.717) is 11.4 Å². The van der Waals surface area contributed by atoms with Crippen LogP contribution in [0.2, 0.25) is 0 Å². The summed E-state index contributed by atoms with van der Waals surface area (Å²) in [6.07, 6.45) is 0. The van der Waals surface area contributed by atoms with E-state index in [9.17, 15) is 14.4 Å². The van der Waals surface area contributed by atoms with Crippen LogP contribution < -0.4 is 16.0 Å². The first-order valence-electron chi connectivity index (χ1n) is 6.09. The van der Waals surface area contributed by atoms with E-state index in [-0.39, 0.29) is 19.1 Å². The number of hydrogen-bond acceptors (Lipinski definition) is 4. The fourth-order valence-corrected chi connectivity index (χ4v) is 1.42. The first-order chi connectivity index (χ1) is 9.51. The summed E-state index contributed by atoms with van der Waals surface area (Å²) in [5, 5.41) is 7.51. The predicted molar refractivity (Wildman–Crippen MR) is 74.4 cm³/mol. The average Bonchev–Trinajstić information content (AvgIpc) is 2.36. The zero-order chi connectivity index (χ0) is 15.0. The summed E-state index contributed by atoms with van der Waals surface area (Å²) < 4.78 is 4.68. The van der Waals surface area contributed by atoms with Crippen molar-refractivity contribution in [1.29, 1.82) is 0 Å². The Balaban J connectivity index is 2.49. The molecule has 0 fully saturated rings. The van der Waals surface area contributed by atoms with Gasteiger partial charge < -0.3 is 20.7 Å². The lowest BCUT2D eigenvalue weighted by atomic mass is 10.3. The molecule has 0 spiro atoms. The molecule has 20 heavy (non-hydrogen) atoms. The van der Waals surface area contributed by atoms with Gasteiger partial charge in [0.2, 0.25) is 5.91 Å². The molecule has 0 saturated heterocycles. The standard InChI is InChI=1S/C13H17N3O4/c1-3-20-12(18)8-14-13(19)16-11-6-4-5-10(7-11)15-9(2)17/h4-7H,3,8H2,1-2H3,(H,15,17)(H2,14,16,19). The average molecular weight is 279 g/mol. The SMILES string of the molecule is CCOC(=O)CNC(=O)Nc1cccc(NC(C)=O)c1. The van der Waals surface area contributed by atoms with E-state index in [4.69, 9.17) is 0 Å². The number of rotatable bonds is 5.